The van der Waals surface area contributed by atoms with Crippen molar-refractivity contribution in [3.05, 3.63) is 48.6 Å². The molecule has 0 aromatic rings. The number of hydrogen-bond donors (Lipinski definition) is 0. The predicted octanol–water partition coefficient (Wildman–Crippen LogP) is 15.6. The van der Waals surface area contributed by atoms with Crippen molar-refractivity contribution in [1.82, 2.24) is 0 Å². The van der Waals surface area contributed by atoms with E-state index in [9.17, 15) is 19.0 Å². The quantitative estimate of drug-likeness (QED) is 0.0195. The molecule has 0 aliphatic rings. The van der Waals surface area contributed by atoms with Gasteiger partial charge in [-0.3, -0.25) is 14.2 Å². The van der Waals surface area contributed by atoms with Crippen LogP contribution in [-0.4, -0.2) is 70.0 Å². The maximum absolute atomic E-state index is 12.7. The van der Waals surface area contributed by atoms with Crippen LogP contribution < -0.4 is 4.89 Å². The van der Waals surface area contributed by atoms with Crippen molar-refractivity contribution in [3.63, 3.8) is 0 Å². The number of unbranched alkanes of at least 4 members (excludes halogenated alkanes) is 27. The van der Waals surface area contributed by atoms with E-state index in [0.29, 0.717) is 17.4 Å². The lowest BCUT2D eigenvalue weighted by atomic mass is 10.0. The first-order valence-electron chi connectivity index (χ1n) is 26.8. The number of rotatable bonds is 49. The highest BCUT2D eigenvalue weighted by Gasteiger charge is 2.21. The van der Waals surface area contributed by atoms with Gasteiger partial charge in [0.1, 0.15) is 19.8 Å². The van der Waals surface area contributed by atoms with Crippen molar-refractivity contribution >= 4 is 19.8 Å². The number of carbonyl (C=O) groups is 2. The van der Waals surface area contributed by atoms with E-state index in [4.69, 9.17) is 18.5 Å². The number of quaternary nitrogens is 1. The van der Waals surface area contributed by atoms with E-state index in [1.165, 1.54) is 122 Å². The van der Waals surface area contributed by atoms with E-state index in [-0.39, 0.29) is 32.0 Å². The highest BCUT2D eigenvalue weighted by Crippen LogP contribution is 2.38. The molecule has 0 N–H and O–H groups in total. The lowest BCUT2D eigenvalue weighted by molar-refractivity contribution is -0.870. The van der Waals surface area contributed by atoms with E-state index in [0.717, 1.165) is 83.5 Å². The van der Waals surface area contributed by atoms with Crippen molar-refractivity contribution in [2.45, 2.75) is 245 Å². The molecule has 0 aromatic carbocycles. The fourth-order valence-electron chi connectivity index (χ4n) is 7.47. The van der Waals surface area contributed by atoms with Crippen molar-refractivity contribution in [3.8, 4) is 0 Å². The summed E-state index contributed by atoms with van der Waals surface area (Å²) in [5, 5.41) is 0. The van der Waals surface area contributed by atoms with Crippen molar-refractivity contribution in [1.29, 1.82) is 0 Å². The number of phosphoric ester groups is 1. The zero-order valence-corrected chi connectivity index (χ0v) is 43.8. The summed E-state index contributed by atoms with van der Waals surface area (Å²) in [7, 11) is 1.16. The molecule has 0 amide bonds. The Bertz CT molecular complexity index is 1240. The standard InChI is InChI=1S/C55H102NO8P/c1-6-8-10-12-14-16-18-20-22-24-26-27-28-30-31-33-35-37-39-41-43-45-47-54(57)61-51-53(52-63-65(59,60)62-50-49-56(3,4)5)64-55(58)48-46-44-42-40-38-36-34-32-29-25-23-21-19-17-15-13-11-9-7-2/h9,11,15,17,21,23,29,32,53H,6-8,10,12-14,16,18-20,22,24-28,30-31,33-52H2,1-5H3/b11-9-,17-15-,23-21-,32-29-. The first-order chi connectivity index (χ1) is 31.5. The molecule has 2 unspecified atom stereocenters. The van der Waals surface area contributed by atoms with Gasteiger partial charge in [0, 0.05) is 12.8 Å². The van der Waals surface area contributed by atoms with Gasteiger partial charge in [-0.2, -0.15) is 0 Å². The lowest BCUT2D eigenvalue weighted by Gasteiger charge is -2.28. The van der Waals surface area contributed by atoms with Crippen molar-refractivity contribution in [2.24, 2.45) is 0 Å². The zero-order chi connectivity index (χ0) is 47.8. The molecule has 0 aliphatic heterocycles. The van der Waals surface area contributed by atoms with Gasteiger partial charge >= 0.3 is 11.9 Å². The molecule has 9 nitrogen and oxygen atoms in total. The van der Waals surface area contributed by atoms with Gasteiger partial charge in [0.05, 0.1) is 27.7 Å². The number of carbonyl (C=O) groups excluding carboxylic acids is 2. The van der Waals surface area contributed by atoms with Crippen LogP contribution >= 0.6 is 7.82 Å². The van der Waals surface area contributed by atoms with Gasteiger partial charge < -0.3 is 27.9 Å². The third-order valence-corrected chi connectivity index (χ3v) is 12.6. The van der Waals surface area contributed by atoms with E-state index in [1.807, 2.05) is 21.1 Å². The zero-order valence-electron chi connectivity index (χ0n) is 42.9. The Kier molecular flexibility index (Phi) is 45.6. The summed E-state index contributed by atoms with van der Waals surface area (Å²) in [4.78, 5) is 37.8. The SMILES string of the molecule is CC/C=C\C/C=C\C/C=C\C/C=C\CCCCCCCCC(=O)OC(COC(=O)CCCCCCCCCCCCCCCCCCCCCCCC)COP(=O)([O-])OCC[N+](C)(C)C. The average Bonchev–Trinajstić information content (AvgIpc) is 3.26. The topological polar surface area (TPSA) is 111 Å². The van der Waals surface area contributed by atoms with Crippen LogP contribution in [0.15, 0.2) is 48.6 Å². The Morgan fingerprint density at radius 2 is 0.877 bits per heavy atom. The minimum Gasteiger partial charge on any atom is -0.756 e. The van der Waals surface area contributed by atoms with E-state index >= 15 is 0 Å². The van der Waals surface area contributed by atoms with Crippen LogP contribution in [0, 0.1) is 0 Å². The van der Waals surface area contributed by atoms with Gasteiger partial charge in [0.15, 0.2) is 6.10 Å². The van der Waals surface area contributed by atoms with Crippen LogP contribution in [0.5, 0.6) is 0 Å². The molecular weight excluding hydrogens is 834 g/mol. The Morgan fingerprint density at radius 3 is 1.31 bits per heavy atom. The second-order valence-corrected chi connectivity index (χ2v) is 20.6. The summed E-state index contributed by atoms with van der Waals surface area (Å²) in [6.45, 7) is 4.13. The third-order valence-electron chi connectivity index (χ3n) is 11.6. The number of phosphoric acid groups is 1. The largest absolute Gasteiger partial charge is 0.756 e. The number of allylic oxidation sites excluding steroid dienone is 8. The van der Waals surface area contributed by atoms with Crippen LogP contribution in [0.3, 0.4) is 0 Å². The van der Waals surface area contributed by atoms with Crippen LogP contribution in [0.25, 0.3) is 0 Å². The Hall–Kier alpha value is -2.03. The van der Waals surface area contributed by atoms with Gasteiger partial charge in [-0.1, -0.05) is 223 Å². The first kappa shape index (κ1) is 63.0. The molecule has 0 aliphatic carbocycles. The second-order valence-electron chi connectivity index (χ2n) is 19.2. The molecule has 65 heavy (non-hydrogen) atoms. The summed E-state index contributed by atoms with van der Waals surface area (Å²) in [6.07, 6.45) is 57.2. The third kappa shape index (κ3) is 51.2. The monoisotopic (exact) mass is 936 g/mol. The summed E-state index contributed by atoms with van der Waals surface area (Å²) in [5.74, 6) is -0.842. The molecule has 380 valence electrons. The van der Waals surface area contributed by atoms with Gasteiger partial charge in [0.2, 0.25) is 0 Å². The number of hydrogen-bond acceptors (Lipinski definition) is 8. The van der Waals surface area contributed by atoms with Crippen LogP contribution in [0.2, 0.25) is 0 Å². The second kappa shape index (κ2) is 47.1. The van der Waals surface area contributed by atoms with E-state index in [2.05, 4.69) is 62.5 Å². The van der Waals surface area contributed by atoms with Crippen LogP contribution in [-0.2, 0) is 32.7 Å². The molecule has 0 rings (SSSR count). The first-order valence-corrected chi connectivity index (χ1v) is 28.3. The smallest absolute Gasteiger partial charge is 0.306 e. The van der Waals surface area contributed by atoms with E-state index in [1.54, 1.807) is 0 Å². The number of esters is 2. The molecule has 0 radical (unpaired) electrons. The minimum atomic E-state index is -4.64. The molecule has 0 saturated heterocycles. The Morgan fingerprint density at radius 1 is 0.492 bits per heavy atom. The molecule has 0 spiro atoms. The maximum Gasteiger partial charge on any atom is 0.306 e. The summed E-state index contributed by atoms with van der Waals surface area (Å²) >= 11 is 0. The summed E-state index contributed by atoms with van der Waals surface area (Å²) < 4.78 is 34.1. The molecule has 2 atom stereocenters. The van der Waals surface area contributed by atoms with Gasteiger partial charge in [0.25, 0.3) is 7.82 Å². The summed E-state index contributed by atoms with van der Waals surface area (Å²) in [6, 6.07) is 0. The maximum atomic E-state index is 12.7. The Labute approximate surface area is 401 Å². The molecular formula is C55H102NO8P. The number of likely N-dealkylation sites (N-methyl/N-ethyl adjacent to an activating group) is 1. The predicted molar refractivity (Wildman–Crippen MR) is 273 cm³/mol. The van der Waals surface area contributed by atoms with E-state index < -0.39 is 26.5 Å². The molecule has 0 fully saturated rings. The molecule has 0 heterocycles. The molecule has 0 bridgehead atoms. The van der Waals surface area contributed by atoms with Crippen LogP contribution in [0.1, 0.15) is 239 Å². The fourth-order valence-corrected chi connectivity index (χ4v) is 8.20. The highest BCUT2D eigenvalue weighted by atomic mass is 31.2. The molecule has 10 heteroatoms. The normalized spacial score (nSPS) is 13.8. The highest BCUT2D eigenvalue weighted by molar-refractivity contribution is 7.45. The van der Waals surface area contributed by atoms with Gasteiger partial charge in [-0.25, -0.2) is 0 Å². The number of ether oxygens (including phenoxy) is 2. The summed E-state index contributed by atoms with van der Waals surface area (Å²) in [5.41, 5.74) is 0. The lowest BCUT2D eigenvalue weighted by Crippen LogP contribution is -2.37. The fraction of sp³-hybridized carbons (Fsp3) is 0.818. The van der Waals surface area contributed by atoms with Crippen molar-refractivity contribution in [2.75, 3.05) is 47.5 Å². The van der Waals surface area contributed by atoms with Crippen LogP contribution in [0.4, 0.5) is 0 Å². The minimum absolute atomic E-state index is 0.0340. The Balaban J connectivity index is 4.21. The van der Waals surface area contributed by atoms with Crippen molar-refractivity contribution < 1.29 is 42.1 Å². The average molecular weight is 936 g/mol. The molecule has 0 aromatic heterocycles. The number of nitrogens with zero attached hydrogens (tertiary/aromatic N) is 1. The van der Waals surface area contributed by atoms with Gasteiger partial charge in [-0.05, 0) is 51.4 Å². The molecule has 0 saturated carbocycles. The van der Waals surface area contributed by atoms with Gasteiger partial charge in [-0.15, -0.1) is 0 Å².